The average molecular weight is 275 g/mol. The lowest BCUT2D eigenvalue weighted by Gasteiger charge is -2.24. The molecule has 0 radical (unpaired) electrons. The lowest BCUT2D eigenvalue weighted by atomic mass is 10.2. The van der Waals surface area contributed by atoms with Crippen LogP contribution in [0.2, 0.25) is 0 Å². The van der Waals surface area contributed by atoms with Crippen LogP contribution in [0.4, 0.5) is 13.2 Å². The van der Waals surface area contributed by atoms with E-state index in [9.17, 15) is 18.0 Å². The molecule has 1 unspecified atom stereocenters. The van der Waals surface area contributed by atoms with E-state index in [0.717, 1.165) is 5.56 Å². The Morgan fingerprint density at radius 3 is 2.61 bits per heavy atom. The summed E-state index contributed by atoms with van der Waals surface area (Å²) in [6.07, 6.45) is -5.82. The first-order valence-electron chi connectivity index (χ1n) is 5.50. The topological polar surface area (TPSA) is 20.3 Å². The Kier molecular flexibility index (Phi) is 3.85. The van der Waals surface area contributed by atoms with Crippen LogP contribution in [0.15, 0.2) is 30.3 Å². The van der Waals surface area contributed by atoms with Gasteiger partial charge in [0, 0.05) is 12.3 Å². The predicted molar refractivity (Wildman–Crippen MR) is 64.0 cm³/mol. The van der Waals surface area contributed by atoms with E-state index in [1.165, 1.54) is 16.7 Å². The monoisotopic (exact) mass is 275 g/mol. The molecular weight excluding hydrogens is 263 g/mol. The molecule has 0 aromatic heterocycles. The second-order valence-corrected chi connectivity index (χ2v) is 5.20. The molecule has 1 amide bonds. The van der Waals surface area contributed by atoms with Crippen molar-refractivity contribution in [1.29, 1.82) is 0 Å². The maximum atomic E-state index is 12.2. The van der Waals surface area contributed by atoms with Crippen molar-refractivity contribution < 1.29 is 18.0 Å². The van der Waals surface area contributed by atoms with Crippen molar-refractivity contribution in [3.63, 3.8) is 0 Å². The van der Waals surface area contributed by atoms with Crippen LogP contribution in [0.1, 0.15) is 17.4 Å². The highest BCUT2D eigenvalue weighted by molar-refractivity contribution is 7.99. The van der Waals surface area contributed by atoms with E-state index in [1.54, 1.807) is 0 Å². The van der Waals surface area contributed by atoms with Crippen molar-refractivity contribution in [1.82, 2.24) is 4.90 Å². The Morgan fingerprint density at radius 1 is 1.33 bits per heavy atom. The van der Waals surface area contributed by atoms with Gasteiger partial charge in [0.1, 0.15) is 11.8 Å². The smallest absolute Gasteiger partial charge is 0.325 e. The van der Waals surface area contributed by atoms with Crippen molar-refractivity contribution in [3.05, 3.63) is 35.9 Å². The number of hydrogen-bond donors (Lipinski definition) is 0. The van der Waals surface area contributed by atoms with E-state index in [-0.39, 0.29) is 5.37 Å². The Labute approximate surface area is 107 Å². The number of amides is 1. The number of thioether (sulfide) groups is 1. The highest BCUT2D eigenvalue weighted by atomic mass is 32.2. The van der Waals surface area contributed by atoms with Crippen LogP contribution in [-0.2, 0) is 4.79 Å². The highest BCUT2D eigenvalue weighted by Gasteiger charge is 2.38. The number of carbonyl (C=O) groups is 1. The van der Waals surface area contributed by atoms with E-state index in [4.69, 9.17) is 0 Å². The summed E-state index contributed by atoms with van der Waals surface area (Å²) in [5, 5.41) is -0.291. The molecule has 18 heavy (non-hydrogen) atoms. The zero-order valence-electron chi connectivity index (χ0n) is 9.48. The van der Waals surface area contributed by atoms with Crippen LogP contribution in [0.25, 0.3) is 0 Å². The molecular formula is C12H12F3NOS. The van der Waals surface area contributed by atoms with E-state index in [1.807, 2.05) is 30.3 Å². The van der Waals surface area contributed by atoms with Crippen LogP contribution in [-0.4, -0.2) is 29.3 Å². The predicted octanol–water partition coefficient (Wildman–Crippen LogP) is 3.21. The molecule has 2 nitrogen and oxygen atoms in total. The maximum absolute atomic E-state index is 12.2. The van der Waals surface area contributed by atoms with E-state index in [0.29, 0.717) is 12.3 Å². The Balaban J connectivity index is 2.11. The molecule has 2 rings (SSSR count). The summed E-state index contributed by atoms with van der Waals surface area (Å²) in [6, 6.07) is 9.14. The van der Waals surface area contributed by atoms with Gasteiger partial charge in [-0.15, -0.1) is 11.8 Å². The van der Waals surface area contributed by atoms with Gasteiger partial charge < -0.3 is 4.90 Å². The number of benzene rings is 1. The third-order valence-corrected chi connectivity index (χ3v) is 3.91. The molecule has 1 aromatic rings. The molecule has 1 saturated heterocycles. The zero-order valence-corrected chi connectivity index (χ0v) is 10.3. The molecule has 1 fully saturated rings. The summed E-state index contributed by atoms with van der Waals surface area (Å²) in [5.41, 5.74) is 0.871. The average Bonchev–Trinajstić information content (AvgIpc) is 2.76. The summed E-state index contributed by atoms with van der Waals surface area (Å²) in [6.45, 7) is 0.374. The van der Waals surface area contributed by atoms with Crippen LogP contribution < -0.4 is 0 Å². The summed E-state index contributed by atoms with van der Waals surface area (Å²) in [7, 11) is 0. The Morgan fingerprint density at radius 2 is 2.00 bits per heavy atom. The number of rotatable bonds is 2. The molecule has 0 aliphatic carbocycles. The van der Waals surface area contributed by atoms with Crippen molar-refractivity contribution in [3.8, 4) is 0 Å². The fraction of sp³-hybridized carbons (Fsp3) is 0.417. The van der Waals surface area contributed by atoms with Crippen molar-refractivity contribution >= 4 is 17.7 Å². The second-order valence-electron chi connectivity index (χ2n) is 4.01. The minimum Gasteiger partial charge on any atom is -0.325 e. The van der Waals surface area contributed by atoms with E-state index >= 15 is 0 Å². The molecule has 0 bridgehead atoms. The molecule has 1 aliphatic rings. The largest absolute Gasteiger partial charge is 0.397 e. The third kappa shape index (κ3) is 3.19. The van der Waals surface area contributed by atoms with Gasteiger partial charge in [0.2, 0.25) is 5.91 Å². The van der Waals surface area contributed by atoms with Gasteiger partial charge in [-0.25, -0.2) is 0 Å². The van der Waals surface area contributed by atoms with Crippen molar-refractivity contribution in [2.75, 3.05) is 12.3 Å². The fourth-order valence-electron chi connectivity index (χ4n) is 1.89. The molecule has 0 spiro atoms. The maximum Gasteiger partial charge on any atom is 0.397 e. The van der Waals surface area contributed by atoms with Gasteiger partial charge in [-0.2, -0.15) is 13.2 Å². The number of hydrogen-bond acceptors (Lipinski definition) is 2. The van der Waals surface area contributed by atoms with Crippen LogP contribution in [0.5, 0.6) is 0 Å². The van der Waals surface area contributed by atoms with Gasteiger partial charge in [-0.05, 0) is 5.56 Å². The van der Waals surface area contributed by atoms with Gasteiger partial charge in [0.15, 0.2) is 0 Å². The fourth-order valence-corrected chi connectivity index (χ4v) is 3.17. The molecule has 0 saturated carbocycles. The quantitative estimate of drug-likeness (QED) is 0.826. The van der Waals surface area contributed by atoms with E-state index < -0.39 is 18.5 Å². The SMILES string of the molecule is O=C(CC(F)(F)F)N1CCSC1c1ccccc1. The summed E-state index contributed by atoms with van der Waals surface area (Å²) >= 11 is 1.50. The number of halogens is 3. The van der Waals surface area contributed by atoms with Gasteiger partial charge in [-0.3, -0.25) is 4.79 Å². The number of carbonyl (C=O) groups excluding carboxylic acids is 1. The second kappa shape index (κ2) is 5.22. The first-order valence-corrected chi connectivity index (χ1v) is 6.55. The molecule has 1 atom stereocenters. The van der Waals surface area contributed by atoms with Crippen LogP contribution >= 0.6 is 11.8 Å². The Bertz CT molecular complexity index is 421. The zero-order chi connectivity index (χ0) is 13.2. The molecule has 98 valence electrons. The minimum atomic E-state index is -4.44. The summed E-state index contributed by atoms with van der Waals surface area (Å²) in [4.78, 5) is 13.0. The third-order valence-electron chi connectivity index (χ3n) is 2.65. The lowest BCUT2D eigenvalue weighted by Crippen LogP contribution is -2.33. The highest BCUT2D eigenvalue weighted by Crippen LogP contribution is 2.38. The molecule has 1 heterocycles. The first-order chi connectivity index (χ1) is 8.47. The van der Waals surface area contributed by atoms with E-state index in [2.05, 4.69) is 0 Å². The van der Waals surface area contributed by atoms with Crippen LogP contribution in [0.3, 0.4) is 0 Å². The van der Waals surface area contributed by atoms with Gasteiger partial charge >= 0.3 is 6.18 Å². The van der Waals surface area contributed by atoms with Crippen molar-refractivity contribution in [2.45, 2.75) is 18.0 Å². The van der Waals surface area contributed by atoms with Crippen LogP contribution in [0, 0.1) is 0 Å². The lowest BCUT2D eigenvalue weighted by molar-refractivity contribution is -0.161. The normalized spacial score (nSPS) is 20.2. The van der Waals surface area contributed by atoms with Gasteiger partial charge in [-0.1, -0.05) is 30.3 Å². The number of alkyl halides is 3. The molecule has 0 N–H and O–H groups in total. The summed E-state index contributed by atoms with van der Waals surface area (Å²) < 4.78 is 36.7. The molecule has 1 aliphatic heterocycles. The van der Waals surface area contributed by atoms with Gasteiger partial charge in [0.25, 0.3) is 0 Å². The minimum absolute atomic E-state index is 0.291. The first kappa shape index (κ1) is 13.3. The Hall–Kier alpha value is -1.17. The summed E-state index contributed by atoms with van der Waals surface area (Å²) in [5.74, 6) is -0.176. The number of nitrogens with zero attached hydrogens (tertiary/aromatic N) is 1. The molecule has 1 aromatic carbocycles. The van der Waals surface area contributed by atoms with Crippen molar-refractivity contribution in [2.24, 2.45) is 0 Å². The van der Waals surface area contributed by atoms with Gasteiger partial charge in [0.05, 0.1) is 0 Å². The standard InChI is InChI=1S/C12H12F3NOS/c13-12(14,15)8-10(17)16-6-7-18-11(16)9-4-2-1-3-5-9/h1-5,11H,6-8H2. The molecule has 6 heteroatoms.